The number of fused-ring (bicyclic) bond motifs is 1. The average molecular weight is 433 g/mol. The third-order valence-corrected chi connectivity index (χ3v) is 4.79. The second-order valence-corrected chi connectivity index (χ2v) is 6.97. The number of unbranched alkanes of at least 4 members (excludes halogenated alkanes) is 1. The van der Waals surface area contributed by atoms with Gasteiger partial charge in [0.25, 0.3) is 5.91 Å². The van der Waals surface area contributed by atoms with Gasteiger partial charge in [-0.15, -0.1) is 12.4 Å². The molecule has 0 aliphatic carbocycles. The number of rotatable bonds is 11. The number of Topliss-reactive ketones (excluding diaryl/α,β-unsaturated/α-hetero) is 1. The molecule has 0 spiro atoms. The summed E-state index contributed by atoms with van der Waals surface area (Å²) in [5.74, 6) is 1.45. The summed E-state index contributed by atoms with van der Waals surface area (Å²) in [6.07, 6.45) is 3.16. The van der Waals surface area contributed by atoms with E-state index in [2.05, 4.69) is 16.7 Å². The maximum atomic E-state index is 12.4. The Morgan fingerprint density at radius 2 is 2.00 bits per heavy atom. The molecule has 0 radical (unpaired) electrons. The number of halogens is 1. The van der Waals surface area contributed by atoms with Gasteiger partial charge in [0.2, 0.25) is 0 Å². The topological polar surface area (TPSA) is 76.7 Å². The van der Waals surface area contributed by atoms with Crippen LogP contribution in [0.25, 0.3) is 0 Å². The Balaban J connectivity index is 0.00000320. The van der Waals surface area contributed by atoms with Gasteiger partial charge in [-0.05, 0) is 69.1 Å². The van der Waals surface area contributed by atoms with E-state index < -0.39 is 0 Å². The Hall–Kier alpha value is -2.57. The van der Waals surface area contributed by atoms with Gasteiger partial charge in [-0.3, -0.25) is 9.59 Å². The zero-order chi connectivity index (χ0) is 20.5. The Labute approximate surface area is 183 Å². The average Bonchev–Trinajstić information content (AvgIpc) is 2.73. The summed E-state index contributed by atoms with van der Waals surface area (Å²) in [7, 11) is 0. The van der Waals surface area contributed by atoms with Crippen LogP contribution in [0.15, 0.2) is 42.5 Å². The summed E-state index contributed by atoms with van der Waals surface area (Å²) in [6, 6.07) is 13.3. The summed E-state index contributed by atoms with van der Waals surface area (Å²) >= 11 is 0. The predicted molar refractivity (Wildman–Crippen MR) is 120 cm³/mol. The molecule has 3 rings (SSSR count). The maximum Gasteiger partial charge on any atom is 0.262 e. The Kier molecular flexibility index (Phi) is 9.64. The third-order valence-electron chi connectivity index (χ3n) is 4.79. The fourth-order valence-electron chi connectivity index (χ4n) is 3.29. The van der Waals surface area contributed by atoms with E-state index in [1.54, 1.807) is 18.2 Å². The standard InChI is InChI=1S/C23H28N2O4.ClH/c1-2-28-21-9-4-3-7-17(21)12-14-24-13-6-5-8-20(26)18-10-11-22-19(15-18)25-23(27)16-29-22;/h3-4,7,9-11,15,24H,2,5-6,8,12-14,16H2,1H3,(H,25,27);1H. The van der Waals surface area contributed by atoms with Gasteiger partial charge in [-0.25, -0.2) is 0 Å². The maximum absolute atomic E-state index is 12.4. The largest absolute Gasteiger partial charge is 0.494 e. The molecule has 1 amide bonds. The number of hydrogen-bond acceptors (Lipinski definition) is 5. The molecular formula is C23H29ClN2O4. The lowest BCUT2D eigenvalue weighted by Gasteiger charge is -2.18. The van der Waals surface area contributed by atoms with E-state index in [-0.39, 0.29) is 30.7 Å². The third kappa shape index (κ3) is 6.75. The highest BCUT2D eigenvalue weighted by Gasteiger charge is 2.17. The molecule has 1 heterocycles. The summed E-state index contributed by atoms with van der Waals surface area (Å²) < 4.78 is 11.0. The quantitative estimate of drug-likeness (QED) is 0.414. The van der Waals surface area contributed by atoms with Crippen LogP contribution >= 0.6 is 12.4 Å². The summed E-state index contributed by atoms with van der Waals surface area (Å²) in [4.78, 5) is 23.8. The number of para-hydroxylation sites is 1. The van der Waals surface area contributed by atoms with Gasteiger partial charge in [0.05, 0.1) is 12.3 Å². The van der Waals surface area contributed by atoms with Crippen molar-refractivity contribution in [2.75, 3.05) is 31.6 Å². The van der Waals surface area contributed by atoms with Gasteiger partial charge in [0, 0.05) is 12.0 Å². The first kappa shape index (κ1) is 23.7. The number of hydrogen-bond donors (Lipinski definition) is 2. The van der Waals surface area contributed by atoms with E-state index in [9.17, 15) is 9.59 Å². The molecule has 1 aliphatic heterocycles. The first-order chi connectivity index (χ1) is 14.2. The lowest BCUT2D eigenvalue weighted by atomic mass is 10.0. The SMILES string of the molecule is CCOc1ccccc1CCNCCCCC(=O)c1ccc2c(c1)NC(=O)CO2.Cl. The van der Waals surface area contributed by atoms with Crippen LogP contribution in [-0.2, 0) is 11.2 Å². The molecule has 2 aromatic rings. The molecule has 0 aromatic heterocycles. The van der Waals surface area contributed by atoms with E-state index in [1.807, 2.05) is 25.1 Å². The van der Waals surface area contributed by atoms with Gasteiger partial charge in [0.15, 0.2) is 12.4 Å². The number of nitrogens with one attached hydrogen (secondary N) is 2. The Bertz CT molecular complexity index is 857. The van der Waals surface area contributed by atoms with Crippen LogP contribution < -0.4 is 20.1 Å². The van der Waals surface area contributed by atoms with Crippen molar-refractivity contribution in [3.63, 3.8) is 0 Å². The lowest BCUT2D eigenvalue weighted by Crippen LogP contribution is -2.25. The molecule has 0 saturated carbocycles. The minimum atomic E-state index is -0.197. The van der Waals surface area contributed by atoms with Gasteiger partial charge >= 0.3 is 0 Å². The Morgan fingerprint density at radius 1 is 1.17 bits per heavy atom. The molecule has 2 aromatic carbocycles. The molecule has 0 unspecified atom stereocenters. The van der Waals surface area contributed by atoms with E-state index in [0.29, 0.717) is 30.0 Å². The molecule has 30 heavy (non-hydrogen) atoms. The van der Waals surface area contributed by atoms with Crippen molar-refractivity contribution in [1.82, 2.24) is 5.32 Å². The first-order valence-corrected chi connectivity index (χ1v) is 10.2. The van der Waals surface area contributed by atoms with Gasteiger partial charge < -0.3 is 20.1 Å². The number of amides is 1. The smallest absolute Gasteiger partial charge is 0.262 e. The number of ether oxygens (including phenoxy) is 2. The van der Waals surface area contributed by atoms with Crippen LogP contribution in [0.1, 0.15) is 42.1 Å². The first-order valence-electron chi connectivity index (χ1n) is 10.2. The van der Waals surface area contributed by atoms with Crippen LogP contribution in [0.5, 0.6) is 11.5 Å². The van der Waals surface area contributed by atoms with Crippen molar-refractivity contribution >= 4 is 29.8 Å². The van der Waals surface area contributed by atoms with E-state index in [1.165, 1.54) is 5.56 Å². The zero-order valence-corrected chi connectivity index (χ0v) is 18.1. The second kappa shape index (κ2) is 12.2. The van der Waals surface area contributed by atoms with E-state index in [0.717, 1.165) is 38.1 Å². The highest BCUT2D eigenvalue weighted by Crippen LogP contribution is 2.29. The van der Waals surface area contributed by atoms with Crippen molar-refractivity contribution in [2.24, 2.45) is 0 Å². The van der Waals surface area contributed by atoms with Crippen LogP contribution in [0.3, 0.4) is 0 Å². The normalized spacial score (nSPS) is 12.2. The minimum absolute atomic E-state index is 0. The fraction of sp³-hybridized carbons (Fsp3) is 0.391. The fourth-order valence-corrected chi connectivity index (χ4v) is 3.29. The summed E-state index contributed by atoms with van der Waals surface area (Å²) in [5.41, 5.74) is 2.39. The highest BCUT2D eigenvalue weighted by atomic mass is 35.5. The molecule has 0 atom stereocenters. The Morgan fingerprint density at radius 3 is 2.83 bits per heavy atom. The lowest BCUT2D eigenvalue weighted by molar-refractivity contribution is -0.118. The number of carbonyl (C=O) groups excluding carboxylic acids is 2. The van der Waals surface area contributed by atoms with Crippen molar-refractivity contribution in [2.45, 2.75) is 32.6 Å². The van der Waals surface area contributed by atoms with Crippen molar-refractivity contribution < 1.29 is 19.1 Å². The summed E-state index contributed by atoms with van der Waals surface area (Å²) in [6.45, 7) is 4.43. The van der Waals surface area contributed by atoms with Crippen LogP contribution in [-0.4, -0.2) is 38.0 Å². The van der Waals surface area contributed by atoms with Gasteiger partial charge in [0.1, 0.15) is 11.5 Å². The van der Waals surface area contributed by atoms with Crippen LogP contribution in [0, 0.1) is 0 Å². The molecular weight excluding hydrogens is 404 g/mol. The van der Waals surface area contributed by atoms with Crippen molar-refractivity contribution in [3.8, 4) is 11.5 Å². The summed E-state index contributed by atoms with van der Waals surface area (Å²) in [5, 5.41) is 6.17. The highest BCUT2D eigenvalue weighted by molar-refractivity contribution is 6.00. The van der Waals surface area contributed by atoms with E-state index >= 15 is 0 Å². The molecule has 0 bridgehead atoms. The number of ketones is 1. The van der Waals surface area contributed by atoms with E-state index in [4.69, 9.17) is 9.47 Å². The number of benzene rings is 2. The van der Waals surface area contributed by atoms with Gasteiger partial charge in [-0.1, -0.05) is 18.2 Å². The van der Waals surface area contributed by atoms with Crippen molar-refractivity contribution in [1.29, 1.82) is 0 Å². The monoisotopic (exact) mass is 432 g/mol. The molecule has 2 N–H and O–H groups in total. The molecule has 162 valence electrons. The van der Waals surface area contributed by atoms with Crippen LogP contribution in [0.4, 0.5) is 5.69 Å². The molecule has 0 saturated heterocycles. The molecule has 7 heteroatoms. The van der Waals surface area contributed by atoms with Crippen molar-refractivity contribution in [3.05, 3.63) is 53.6 Å². The number of anilines is 1. The minimum Gasteiger partial charge on any atom is -0.494 e. The van der Waals surface area contributed by atoms with Gasteiger partial charge in [-0.2, -0.15) is 0 Å². The number of carbonyl (C=O) groups is 2. The molecule has 0 fully saturated rings. The molecule has 6 nitrogen and oxygen atoms in total. The molecule has 1 aliphatic rings. The van der Waals surface area contributed by atoms with Crippen LogP contribution in [0.2, 0.25) is 0 Å². The predicted octanol–water partition coefficient (Wildman–Crippen LogP) is 4.02. The zero-order valence-electron chi connectivity index (χ0n) is 17.2. The second-order valence-electron chi connectivity index (χ2n) is 6.97.